The van der Waals surface area contributed by atoms with Crippen LogP contribution in [0.25, 0.3) is 99.5 Å². The first kappa shape index (κ1) is 40.1. The quantitative estimate of drug-likeness (QED) is 0.141. The van der Waals surface area contributed by atoms with Crippen molar-refractivity contribution in [3.05, 3.63) is 273 Å². The Morgan fingerprint density at radius 1 is 0.232 bits per heavy atom. The van der Waals surface area contributed by atoms with E-state index in [-0.39, 0.29) is 0 Å². The van der Waals surface area contributed by atoms with E-state index in [9.17, 15) is 0 Å². The Morgan fingerprint density at radius 3 is 1.13 bits per heavy atom. The molecule has 13 rings (SSSR count). The molecular weight excluding hydrogens is 835 g/mol. The van der Waals surface area contributed by atoms with Gasteiger partial charge in [0.15, 0.2) is 0 Å². The van der Waals surface area contributed by atoms with Gasteiger partial charge in [0.2, 0.25) is 0 Å². The maximum atomic E-state index is 2.41. The van der Waals surface area contributed by atoms with Crippen molar-refractivity contribution in [1.29, 1.82) is 0 Å². The first-order chi connectivity index (χ1) is 34.2. The third-order valence-corrected chi connectivity index (χ3v) is 13.7. The van der Waals surface area contributed by atoms with Gasteiger partial charge in [0.05, 0.1) is 27.8 Å². The van der Waals surface area contributed by atoms with Gasteiger partial charge in [-0.05, 0) is 154 Å². The molecule has 0 spiro atoms. The molecule has 0 unspecified atom stereocenters. The fraction of sp³-hybridized carbons (Fsp3) is 0. The minimum atomic E-state index is 1.10. The largest absolute Gasteiger partial charge is 0.310 e. The lowest BCUT2D eigenvalue weighted by molar-refractivity contribution is 1.18. The van der Waals surface area contributed by atoms with E-state index in [1.54, 1.807) is 0 Å². The second kappa shape index (κ2) is 16.9. The van der Waals surface area contributed by atoms with E-state index in [0.29, 0.717) is 0 Å². The number of fused-ring (bicyclic) bond motifs is 6. The maximum Gasteiger partial charge on any atom is 0.0541 e. The molecule has 69 heavy (non-hydrogen) atoms. The van der Waals surface area contributed by atoms with Gasteiger partial charge in [-0.25, -0.2) is 0 Å². The molecule has 324 valence electrons. The predicted octanol–water partition coefficient (Wildman–Crippen LogP) is 18.0. The Balaban J connectivity index is 1.05. The summed E-state index contributed by atoms with van der Waals surface area (Å²) in [6.45, 7) is 0. The highest BCUT2D eigenvalue weighted by Crippen LogP contribution is 2.45. The molecule has 2 heterocycles. The van der Waals surface area contributed by atoms with Crippen molar-refractivity contribution in [1.82, 2.24) is 9.13 Å². The van der Waals surface area contributed by atoms with Crippen LogP contribution in [0.15, 0.2) is 273 Å². The zero-order valence-corrected chi connectivity index (χ0v) is 37.8. The van der Waals surface area contributed by atoms with Gasteiger partial charge in [0.25, 0.3) is 0 Å². The van der Waals surface area contributed by atoms with Gasteiger partial charge in [0.1, 0.15) is 0 Å². The highest BCUT2D eigenvalue weighted by atomic mass is 15.1. The summed E-state index contributed by atoms with van der Waals surface area (Å²) in [6, 6.07) is 99.3. The number of benzene rings is 11. The van der Waals surface area contributed by atoms with Crippen LogP contribution in [-0.4, -0.2) is 9.13 Å². The molecule has 0 saturated heterocycles. The van der Waals surface area contributed by atoms with Crippen LogP contribution in [0.3, 0.4) is 0 Å². The number of hydrogen-bond acceptors (Lipinski definition) is 1. The standard InChI is InChI=1S/C66H45N3/c1-6-20-46(21-7-1)47-34-37-65-60(43-47)61-45-49(36-39-66(61)69(65)56-28-14-5-15-29-56)51-40-50(48-35-38-64-59(44-48)58-31-17-19-33-63(58)68(64)55-26-12-4-13-27-55)41-52(42-51)57-30-16-18-32-62(57)67(53-22-8-2-9-23-53)54-24-10-3-11-25-54/h1-45H. The molecule has 3 nitrogen and oxygen atoms in total. The summed E-state index contributed by atoms with van der Waals surface area (Å²) in [5.41, 5.74) is 19.6. The molecule has 0 N–H and O–H groups in total. The molecule has 0 fully saturated rings. The minimum absolute atomic E-state index is 1.10. The van der Waals surface area contributed by atoms with Gasteiger partial charge >= 0.3 is 0 Å². The van der Waals surface area contributed by atoms with Crippen LogP contribution < -0.4 is 4.90 Å². The van der Waals surface area contributed by atoms with Crippen molar-refractivity contribution in [2.24, 2.45) is 0 Å². The Labute approximate surface area is 401 Å². The monoisotopic (exact) mass is 879 g/mol. The number of anilines is 3. The van der Waals surface area contributed by atoms with Crippen LogP contribution in [-0.2, 0) is 0 Å². The number of aromatic nitrogens is 2. The average molecular weight is 880 g/mol. The predicted molar refractivity (Wildman–Crippen MR) is 292 cm³/mol. The molecule has 0 aliphatic carbocycles. The van der Waals surface area contributed by atoms with E-state index in [1.807, 2.05) is 0 Å². The number of para-hydroxylation sites is 6. The number of hydrogen-bond donors (Lipinski definition) is 0. The van der Waals surface area contributed by atoms with Crippen LogP contribution in [0.4, 0.5) is 17.1 Å². The Bertz CT molecular complexity index is 3950. The molecular formula is C66H45N3. The summed E-state index contributed by atoms with van der Waals surface area (Å²) >= 11 is 0. The molecule has 0 saturated carbocycles. The Kier molecular flexibility index (Phi) is 9.84. The van der Waals surface area contributed by atoms with Crippen molar-refractivity contribution in [3.63, 3.8) is 0 Å². The van der Waals surface area contributed by atoms with Crippen LogP contribution in [0.1, 0.15) is 0 Å². The zero-order chi connectivity index (χ0) is 45.7. The summed E-state index contributed by atoms with van der Waals surface area (Å²) in [5.74, 6) is 0. The minimum Gasteiger partial charge on any atom is -0.310 e. The van der Waals surface area contributed by atoms with Crippen LogP contribution in [0.5, 0.6) is 0 Å². The molecule has 11 aromatic carbocycles. The van der Waals surface area contributed by atoms with Gasteiger partial charge in [-0.1, -0.05) is 158 Å². The fourth-order valence-corrected chi connectivity index (χ4v) is 10.5. The van der Waals surface area contributed by atoms with Crippen molar-refractivity contribution in [3.8, 4) is 55.9 Å². The van der Waals surface area contributed by atoms with Crippen LogP contribution in [0.2, 0.25) is 0 Å². The first-order valence-corrected chi connectivity index (χ1v) is 23.7. The van der Waals surface area contributed by atoms with E-state index in [0.717, 1.165) is 61.8 Å². The van der Waals surface area contributed by atoms with E-state index >= 15 is 0 Å². The summed E-state index contributed by atoms with van der Waals surface area (Å²) in [4.78, 5) is 2.38. The Morgan fingerprint density at radius 2 is 0.609 bits per heavy atom. The lowest BCUT2D eigenvalue weighted by Crippen LogP contribution is -2.10. The summed E-state index contributed by atoms with van der Waals surface area (Å²) < 4.78 is 4.79. The zero-order valence-electron chi connectivity index (χ0n) is 37.8. The van der Waals surface area contributed by atoms with E-state index < -0.39 is 0 Å². The molecule has 0 radical (unpaired) electrons. The molecule has 0 aliphatic rings. The molecule has 0 atom stereocenters. The smallest absolute Gasteiger partial charge is 0.0541 e. The first-order valence-electron chi connectivity index (χ1n) is 23.7. The highest BCUT2D eigenvalue weighted by Gasteiger charge is 2.20. The molecule has 13 aromatic rings. The van der Waals surface area contributed by atoms with Crippen LogP contribution in [0, 0.1) is 0 Å². The average Bonchev–Trinajstić information content (AvgIpc) is 3.94. The fourth-order valence-electron chi connectivity index (χ4n) is 10.5. The molecule has 0 bridgehead atoms. The number of nitrogens with zero attached hydrogens (tertiary/aromatic N) is 3. The number of rotatable bonds is 9. The van der Waals surface area contributed by atoms with Gasteiger partial charge in [0, 0.05) is 49.9 Å². The van der Waals surface area contributed by atoms with Crippen molar-refractivity contribution in [2.75, 3.05) is 4.90 Å². The molecule has 2 aromatic heterocycles. The third-order valence-electron chi connectivity index (χ3n) is 13.7. The second-order valence-electron chi connectivity index (χ2n) is 17.7. The molecule has 3 heteroatoms. The maximum absolute atomic E-state index is 2.41. The second-order valence-corrected chi connectivity index (χ2v) is 17.7. The van der Waals surface area contributed by atoms with Gasteiger partial charge < -0.3 is 14.0 Å². The van der Waals surface area contributed by atoms with E-state index in [4.69, 9.17) is 0 Å². The van der Waals surface area contributed by atoms with Gasteiger partial charge in [-0.3, -0.25) is 0 Å². The third kappa shape index (κ3) is 7.08. The van der Waals surface area contributed by atoms with E-state index in [1.165, 1.54) is 54.7 Å². The lowest BCUT2D eigenvalue weighted by Gasteiger charge is -2.28. The summed E-state index contributed by atoms with van der Waals surface area (Å²) in [5, 5.41) is 4.89. The summed E-state index contributed by atoms with van der Waals surface area (Å²) in [6.07, 6.45) is 0. The summed E-state index contributed by atoms with van der Waals surface area (Å²) in [7, 11) is 0. The van der Waals surface area contributed by atoms with Gasteiger partial charge in [-0.15, -0.1) is 0 Å². The lowest BCUT2D eigenvalue weighted by atomic mass is 9.91. The normalized spacial score (nSPS) is 11.5. The van der Waals surface area contributed by atoms with Crippen molar-refractivity contribution < 1.29 is 0 Å². The van der Waals surface area contributed by atoms with Crippen LogP contribution >= 0.6 is 0 Å². The Hall–Kier alpha value is -9.18. The van der Waals surface area contributed by atoms with Gasteiger partial charge in [-0.2, -0.15) is 0 Å². The highest BCUT2D eigenvalue weighted by molar-refractivity contribution is 6.13. The van der Waals surface area contributed by atoms with Crippen molar-refractivity contribution in [2.45, 2.75) is 0 Å². The SMILES string of the molecule is c1ccc(-c2ccc3c(c2)c2cc(-c4cc(-c5ccc6c(c5)c5ccccc5n6-c5ccccc5)cc(-c5ccccc5N(c5ccccc5)c5ccccc5)c4)ccc2n3-c2ccccc2)cc1. The van der Waals surface area contributed by atoms with E-state index in [2.05, 4.69) is 287 Å². The molecule has 0 amide bonds. The molecule has 0 aliphatic heterocycles. The van der Waals surface area contributed by atoms with Crippen molar-refractivity contribution >= 4 is 60.7 Å². The topological polar surface area (TPSA) is 13.1 Å².